The van der Waals surface area contributed by atoms with Crippen molar-refractivity contribution in [1.29, 1.82) is 0 Å². The fourth-order valence-corrected chi connectivity index (χ4v) is 5.18. The van der Waals surface area contributed by atoms with Gasteiger partial charge in [0.2, 0.25) is 5.91 Å². The largest absolute Gasteiger partial charge is 0.358 e. The fourth-order valence-electron chi connectivity index (χ4n) is 5.18. The molecule has 3 heterocycles. The van der Waals surface area contributed by atoms with Crippen LogP contribution in [-0.2, 0) is 11.3 Å². The molecule has 0 saturated carbocycles. The Morgan fingerprint density at radius 1 is 0.970 bits per heavy atom. The summed E-state index contributed by atoms with van der Waals surface area (Å²) in [6.45, 7) is 7.50. The SMILES string of the molecule is O=C(NCCN1CCN(Cc2ccccc2)CC1)c1ccc2c(c1)NC(=O)[C@H]1CCCCN21. The first-order chi connectivity index (χ1) is 16.2. The molecule has 0 aromatic heterocycles. The van der Waals surface area contributed by atoms with E-state index in [-0.39, 0.29) is 17.9 Å². The number of carbonyl (C=O) groups is 2. The van der Waals surface area contributed by atoms with Gasteiger partial charge in [-0.1, -0.05) is 30.3 Å². The zero-order valence-electron chi connectivity index (χ0n) is 19.1. The maximum atomic E-state index is 12.7. The normalized spacial score (nSPS) is 21.2. The number of piperidine rings is 1. The van der Waals surface area contributed by atoms with Crippen LogP contribution in [0.5, 0.6) is 0 Å². The van der Waals surface area contributed by atoms with E-state index in [1.165, 1.54) is 5.56 Å². The van der Waals surface area contributed by atoms with Crippen molar-refractivity contribution in [2.45, 2.75) is 31.8 Å². The van der Waals surface area contributed by atoms with E-state index in [4.69, 9.17) is 0 Å². The first kappa shape index (κ1) is 21.9. The number of hydrogen-bond donors (Lipinski definition) is 2. The van der Waals surface area contributed by atoms with Crippen LogP contribution < -0.4 is 15.5 Å². The first-order valence-corrected chi connectivity index (χ1v) is 12.2. The Morgan fingerprint density at radius 3 is 2.58 bits per heavy atom. The molecule has 0 spiro atoms. The zero-order valence-corrected chi connectivity index (χ0v) is 19.1. The van der Waals surface area contributed by atoms with Crippen molar-refractivity contribution >= 4 is 23.2 Å². The van der Waals surface area contributed by atoms with Gasteiger partial charge < -0.3 is 15.5 Å². The molecule has 174 valence electrons. The van der Waals surface area contributed by atoms with Crippen LogP contribution in [0, 0.1) is 0 Å². The molecule has 2 saturated heterocycles. The van der Waals surface area contributed by atoms with Gasteiger partial charge in [-0.3, -0.25) is 19.4 Å². The molecular formula is C26H33N5O2. The molecule has 0 unspecified atom stereocenters. The Labute approximate surface area is 195 Å². The predicted molar refractivity (Wildman–Crippen MR) is 131 cm³/mol. The lowest BCUT2D eigenvalue weighted by Crippen LogP contribution is -2.50. The van der Waals surface area contributed by atoms with Crippen LogP contribution in [0.4, 0.5) is 11.4 Å². The first-order valence-electron chi connectivity index (χ1n) is 12.2. The smallest absolute Gasteiger partial charge is 0.251 e. The number of benzene rings is 2. The molecule has 3 aliphatic heterocycles. The van der Waals surface area contributed by atoms with Crippen LogP contribution in [0.2, 0.25) is 0 Å². The highest BCUT2D eigenvalue weighted by atomic mass is 16.2. The van der Waals surface area contributed by atoms with Crippen LogP contribution in [0.15, 0.2) is 48.5 Å². The Balaban J connectivity index is 1.09. The minimum Gasteiger partial charge on any atom is -0.358 e. The minimum atomic E-state index is -0.0875. The number of piperazine rings is 1. The van der Waals surface area contributed by atoms with Gasteiger partial charge in [-0.25, -0.2) is 0 Å². The number of nitrogens with one attached hydrogen (secondary N) is 2. The van der Waals surface area contributed by atoms with E-state index in [0.29, 0.717) is 12.1 Å². The molecule has 2 aromatic carbocycles. The van der Waals surface area contributed by atoms with E-state index in [2.05, 4.69) is 55.7 Å². The van der Waals surface area contributed by atoms with E-state index >= 15 is 0 Å². The van der Waals surface area contributed by atoms with Crippen molar-refractivity contribution in [1.82, 2.24) is 15.1 Å². The highest BCUT2D eigenvalue weighted by Gasteiger charge is 2.34. The van der Waals surface area contributed by atoms with E-state index in [1.807, 2.05) is 18.2 Å². The van der Waals surface area contributed by atoms with Crippen molar-refractivity contribution in [3.05, 3.63) is 59.7 Å². The number of fused-ring (bicyclic) bond motifs is 3. The highest BCUT2D eigenvalue weighted by molar-refractivity contribution is 6.05. The van der Waals surface area contributed by atoms with Gasteiger partial charge in [-0.05, 0) is 43.0 Å². The van der Waals surface area contributed by atoms with Crippen LogP contribution in [0.3, 0.4) is 0 Å². The summed E-state index contributed by atoms with van der Waals surface area (Å²) in [4.78, 5) is 32.3. The second-order valence-electron chi connectivity index (χ2n) is 9.29. The van der Waals surface area contributed by atoms with Crippen LogP contribution in [0.1, 0.15) is 35.2 Å². The summed E-state index contributed by atoms with van der Waals surface area (Å²) in [6, 6.07) is 16.2. The Bertz CT molecular complexity index is 987. The third kappa shape index (κ3) is 5.04. The van der Waals surface area contributed by atoms with Crippen molar-refractivity contribution in [3.63, 3.8) is 0 Å². The number of hydrogen-bond acceptors (Lipinski definition) is 5. The highest BCUT2D eigenvalue weighted by Crippen LogP contribution is 2.36. The summed E-state index contributed by atoms with van der Waals surface area (Å²) in [6.07, 6.45) is 3.09. The summed E-state index contributed by atoms with van der Waals surface area (Å²) in [5, 5.41) is 6.06. The summed E-state index contributed by atoms with van der Waals surface area (Å²) >= 11 is 0. The molecular weight excluding hydrogens is 414 g/mol. The molecule has 0 aliphatic carbocycles. The van der Waals surface area contributed by atoms with Crippen molar-refractivity contribution in [2.75, 3.05) is 56.0 Å². The van der Waals surface area contributed by atoms with Crippen molar-refractivity contribution < 1.29 is 9.59 Å². The third-order valence-corrected chi connectivity index (χ3v) is 7.06. The molecule has 1 atom stereocenters. The summed E-state index contributed by atoms with van der Waals surface area (Å²) < 4.78 is 0. The molecule has 2 N–H and O–H groups in total. The van der Waals surface area contributed by atoms with Gasteiger partial charge in [-0.2, -0.15) is 0 Å². The quantitative estimate of drug-likeness (QED) is 0.712. The van der Waals surface area contributed by atoms with Crippen molar-refractivity contribution in [3.8, 4) is 0 Å². The number of anilines is 2. The number of carbonyl (C=O) groups excluding carboxylic acids is 2. The van der Waals surface area contributed by atoms with Gasteiger partial charge in [0.1, 0.15) is 6.04 Å². The van der Waals surface area contributed by atoms with Crippen LogP contribution in [0.25, 0.3) is 0 Å². The zero-order chi connectivity index (χ0) is 22.6. The van der Waals surface area contributed by atoms with E-state index in [0.717, 1.165) is 76.5 Å². The third-order valence-electron chi connectivity index (χ3n) is 7.06. The summed E-state index contributed by atoms with van der Waals surface area (Å²) in [5.74, 6) is -0.0401. The lowest BCUT2D eigenvalue weighted by molar-refractivity contribution is -0.118. The summed E-state index contributed by atoms with van der Waals surface area (Å²) in [5.41, 5.74) is 3.73. The second-order valence-corrected chi connectivity index (χ2v) is 9.29. The van der Waals surface area contributed by atoms with Crippen molar-refractivity contribution in [2.24, 2.45) is 0 Å². The molecule has 2 fully saturated rings. The van der Waals surface area contributed by atoms with Crippen LogP contribution >= 0.6 is 0 Å². The van der Waals surface area contributed by atoms with Gasteiger partial charge in [0, 0.05) is 57.9 Å². The fraction of sp³-hybridized carbons (Fsp3) is 0.462. The standard InChI is InChI=1S/C26H33N5O2/c32-25(21-9-10-23-22(18-21)28-26(33)24-8-4-5-12-31(23)24)27-11-13-29-14-16-30(17-15-29)19-20-6-2-1-3-7-20/h1-3,6-7,9-10,18,24H,4-5,8,11-17,19H2,(H,27,32)(H,28,33)/t24-/m1/s1. The lowest BCUT2D eigenvalue weighted by atomic mass is 9.97. The van der Waals surface area contributed by atoms with Gasteiger partial charge in [0.25, 0.3) is 5.91 Å². The molecule has 0 bridgehead atoms. The van der Waals surface area contributed by atoms with E-state index < -0.39 is 0 Å². The number of amides is 2. The molecule has 33 heavy (non-hydrogen) atoms. The number of rotatable bonds is 6. The molecule has 5 rings (SSSR count). The summed E-state index contributed by atoms with van der Waals surface area (Å²) in [7, 11) is 0. The van der Waals surface area contributed by atoms with E-state index in [1.54, 1.807) is 0 Å². The molecule has 0 radical (unpaired) electrons. The maximum Gasteiger partial charge on any atom is 0.251 e. The Hall–Kier alpha value is -2.90. The lowest BCUT2D eigenvalue weighted by Gasteiger charge is -2.41. The average Bonchev–Trinajstić information content (AvgIpc) is 2.85. The van der Waals surface area contributed by atoms with Gasteiger partial charge >= 0.3 is 0 Å². The number of nitrogens with zero attached hydrogens (tertiary/aromatic N) is 3. The molecule has 2 amide bonds. The molecule has 7 nitrogen and oxygen atoms in total. The van der Waals surface area contributed by atoms with E-state index in [9.17, 15) is 9.59 Å². The van der Waals surface area contributed by atoms with Gasteiger partial charge in [0.05, 0.1) is 11.4 Å². The van der Waals surface area contributed by atoms with Gasteiger partial charge in [0.15, 0.2) is 0 Å². The average molecular weight is 448 g/mol. The maximum absolute atomic E-state index is 12.7. The molecule has 2 aromatic rings. The van der Waals surface area contributed by atoms with Gasteiger partial charge in [-0.15, -0.1) is 0 Å². The molecule has 3 aliphatic rings. The van der Waals surface area contributed by atoms with Crippen LogP contribution in [-0.4, -0.2) is 73.5 Å². The monoisotopic (exact) mass is 447 g/mol. The predicted octanol–water partition coefficient (Wildman–Crippen LogP) is 2.55. The topological polar surface area (TPSA) is 67.9 Å². The second kappa shape index (κ2) is 9.93. The Kier molecular flexibility index (Phi) is 6.60. The Morgan fingerprint density at radius 2 is 1.76 bits per heavy atom. The molecule has 7 heteroatoms. The minimum absolute atomic E-state index is 0.0474.